The Morgan fingerprint density at radius 3 is 1.72 bits per heavy atom. The SMILES string of the molecule is CCCCC/C=C\C/C=C\CCCCCCCCCCCC(=O)OC(CCCCC)CCCCCC(=O)NC(CCCN)C(=O)O. The van der Waals surface area contributed by atoms with Crippen LogP contribution < -0.4 is 11.1 Å². The lowest BCUT2D eigenvalue weighted by Gasteiger charge is -2.18. The standard InChI is InChI=1S/C39H72N2O5/c1-3-5-7-8-9-10-11-12-13-14-15-16-17-18-19-20-21-22-27-33-38(43)46-35(29-24-6-4-2)30-25-23-26-32-37(42)41-36(39(44)45)31-28-34-40/h9-10,12-13,35-36H,3-8,11,14-34,40H2,1-2H3,(H,41,42)(H,44,45)/b10-9-,13-12-. The summed E-state index contributed by atoms with van der Waals surface area (Å²) < 4.78 is 5.88. The Bertz CT molecular complexity index is 782. The number of rotatable bonds is 34. The van der Waals surface area contributed by atoms with Crippen molar-refractivity contribution in [2.75, 3.05) is 6.54 Å². The zero-order valence-electron chi connectivity index (χ0n) is 29.9. The number of carbonyl (C=O) groups is 3. The van der Waals surface area contributed by atoms with Crippen LogP contribution in [-0.4, -0.2) is 41.6 Å². The molecule has 7 nitrogen and oxygen atoms in total. The van der Waals surface area contributed by atoms with Crippen LogP contribution in [0, 0.1) is 0 Å². The van der Waals surface area contributed by atoms with Gasteiger partial charge in [0.2, 0.25) is 5.91 Å². The van der Waals surface area contributed by atoms with E-state index in [1.807, 2.05) is 0 Å². The Morgan fingerprint density at radius 2 is 1.13 bits per heavy atom. The number of esters is 1. The fourth-order valence-corrected chi connectivity index (χ4v) is 5.60. The number of hydrogen-bond acceptors (Lipinski definition) is 5. The highest BCUT2D eigenvalue weighted by molar-refractivity contribution is 5.83. The van der Waals surface area contributed by atoms with Crippen LogP contribution in [0.5, 0.6) is 0 Å². The van der Waals surface area contributed by atoms with Crippen LogP contribution in [0.4, 0.5) is 0 Å². The van der Waals surface area contributed by atoms with Gasteiger partial charge in [0, 0.05) is 12.8 Å². The highest BCUT2D eigenvalue weighted by Gasteiger charge is 2.19. The van der Waals surface area contributed by atoms with Crippen molar-refractivity contribution in [3.8, 4) is 0 Å². The Balaban J connectivity index is 3.92. The number of carbonyl (C=O) groups excluding carboxylic acids is 2. The van der Waals surface area contributed by atoms with E-state index in [0.29, 0.717) is 38.6 Å². The van der Waals surface area contributed by atoms with Crippen LogP contribution in [-0.2, 0) is 19.1 Å². The van der Waals surface area contributed by atoms with Crippen LogP contribution in [0.1, 0.15) is 187 Å². The molecule has 0 aromatic heterocycles. The number of carboxylic acid groups (broad SMARTS) is 1. The van der Waals surface area contributed by atoms with E-state index in [2.05, 4.69) is 43.5 Å². The number of ether oxygens (including phenoxy) is 1. The number of nitrogens with one attached hydrogen (secondary N) is 1. The summed E-state index contributed by atoms with van der Waals surface area (Å²) in [5.41, 5.74) is 5.46. The van der Waals surface area contributed by atoms with Gasteiger partial charge in [0.25, 0.3) is 0 Å². The molecule has 268 valence electrons. The summed E-state index contributed by atoms with van der Waals surface area (Å²) in [6.45, 7) is 4.82. The van der Waals surface area contributed by atoms with Gasteiger partial charge >= 0.3 is 11.9 Å². The van der Waals surface area contributed by atoms with E-state index in [0.717, 1.165) is 64.2 Å². The van der Waals surface area contributed by atoms with Crippen LogP contribution in [0.3, 0.4) is 0 Å². The summed E-state index contributed by atoms with van der Waals surface area (Å²) in [6.07, 6.45) is 36.8. The average molecular weight is 649 g/mol. The molecule has 0 fully saturated rings. The van der Waals surface area contributed by atoms with E-state index in [4.69, 9.17) is 10.5 Å². The molecule has 7 heteroatoms. The summed E-state index contributed by atoms with van der Waals surface area (Å²) in [4.78, 5) is 36.0. The van der Waals surface area contributed by atoms with Crippen molar-refractivity contribution in [1.29, 1.82) is 0 Å². The topological polar surface area (TPSA) is 119 Å². The van der Waals surface area contributed by atoms with Crippen LogP contribution >= 0.6 is 0 Å². The van der Waals surface area contributed by atoms with Crippen molar-refractivity contribution in [2.45, 2.75) is 199 Å². The quantitative estimate of drug-likeness (QED) is 0.0363. The number of aliphatic carboxylic acids is 1. The Morgan fingerprint density at radius 1 is 0.630 bits per heavy atom. The normalized spacial score (nSPS) is 12.9. The smallest absolute Gasteiger partial charge is 0.326 e. The highest BCUT2D eigenvalue weighted by Crippen LogP contribution is 2.17. The number of hydrogen-bond donors (Lipinski definition) is 3. The first-order valence-electron chi connectivity index (χ1n) is 19.2. The third-order valence-electron chi connectivity index (χ3n) is 8.52. The minimum absolute atomic E-state index is 0.0480. The number of unbranched alkanes of at least 4 members (excludes halogenated alkanes) is 16. The van der Waals surface area contributed by atoms with Crippen molar-refractivity contribution < 1.29 is 24.2 Å². The average Bonchev–Trinajstić information content (AvgIpc) is 3.03. The lowest BCUT2D eigenvalue weighted by atomic mass is 10.0. The summed E-state index contributed by atoms with van der Waals surface area (Å²) in [7, 11) is 0. The molecule has 0 spiro atoms. The van der Waals surface area contributed by atoms with Gasteiger partial charge in [-0.15, -0.1) is 0 Å². The lowest BCUT2D eigenvalue weighted by Crippen LogP contribution is -2.40. The van der Waals surface area contributed by atoms with E-state index < -0.39 is 12.0 Å². The molecule has 0 aliphatic carbocycles. The first-order chi connectivity index (χ1) is 22.4. The second-order valence-electron chi connectivity index (χ2n) is 13.0. The lowest BCUT2D eigenvalue weighted by molar-refractivity contribution is -0.150. The maximum absolute atomic E-state index is 12.5. The molecule has 0 rings (SSSR count). The van der Waals surface area contributed by atoms with Crippen molar-refractivity contribution in [3.63, 3.8) is 0 Å². The highest BCUT2D eigenvalue weighted by atomic mass is 16.5. The molecule has 0 bridgehead atoms. The summed E-state index contributed by atoms with van der Waals surface area (Å²) >= 11 is 0. The fraction of sp³-hybridized carbons (Fsp3) is 0.821. The van der Waals surface area contributed by atoms with Gasteiger partial charge < -0.3 is 20.9 Å². The van der Waals surface area contributed by atoms with Crippen LogP contribution in [0.25, 0.3) is 0 Å². The number of nitrogens with two attached hydrogens (primary N) is 1. The second kappa shape index (κ2) is 34.2. The third kappa shape index (κ3) is 30.5. The largest absolute Gasteiger partial charge is 0.480 e. The van der Waals surface area contributed by atoms with E-state index >= 15 is 0 Å². The van der Waals surface area contributed by atoms with Gasteiger partial charge in [0.05, 0.1) is 0 Å². The second-order valence-corrected chi connectivity index (χ2v) is 13.0. The molecule has 0 aromatic carbocycles. The monoisotopic (exact) mass is 649 g/mol. The zero-order chi connectivity index (χ0) is 33.9. The Hall–Kier alpha value is -2.15. The van der Waals surface area contributed by atoms with Crippen LogP contribution in [0.15, 0.2) is 24.3 Å². The molecule has 2 unspecified atom stereocenters. The van der Waals surface area contributed by atoms with Crippen molar-refractivity contribution in [1.82, 2.24) is 5.32 Å². The van der Waals surface area contributed by atoms with E-state index in [1.165, 1.54) is 77.0 Å². The zero-order valence-corrected chi connectivity index (χ0v) is 29.9. The molecular formula is C39H72N2O5. The minimum Gasteiger partial charge on any atom is -0.480 e. The molecular weight excluding hydrogens is 576 g/mol. The number of amides is 1. The van der Waals surface area contributed by atoms with Gasteiger partial charge in [0.1, 0.15) is 12.1 Å². The minimum atomic E-state index is -1.02. The molecule has 0 heterocycles. The first kappa shape index (κ1) is 43.9. The predicted molar refractivity (Wildman–Crippen MR) is 193 cm³/mol. The first-order valence-corrected chi connectivity index (χ1v) is 19.2. The van der Waals surface area contributed by atoms with Gasteiger partial charge in [-0.3, -0.25) is 9.59 Å². The molecule has 1 amide bonds. The number of carboxylic acids is 1. The van der Waals surface area contributed by atoms with Gasteiger partial charge in [-0.1, -0.05) is 115 Å². The predicted octanol–water partition coefficient (Wildman–Crippen LogP) is 10.1. The molecule has 4 N–H and O–H groups in total. The maximum Gasteiger partial charge on any atom is 0.326 e. The molecule has 46 heavy (non-hydrogen) atoms. The fourth-order valence-electron chi connectivity index (χ4n) is 5.60. The summed E-state index contributed by atoms with van der Waals surface area (Å²) in [6, 6.07) is -0.871. The van der Waals surface area contributed by atoms with Crippen molar-refractivity contribution >= 4 is 17.8 Å². The molecule has 0 aliphatic heterocycles. The molecule has 0 aromatic rings. The van der Waals surface area contributed by atoms with E-state index in [9.17, 15) is 19.5 Å². The van der Waals surface area contributed by atoms with Crippen molar-refractivity contribution in [3.05, 3.63) is 24.3 Å². The Kier molecular flexibility index (Phi) is 32.6. The van der Waals surface area contributed by atoms with Gasteiger partial charge in [0.15, 0.2) is 0 Å². The third-order valence-corrected chi connectivity index (χ3v) is 8.52. The molecule has 0 saturated carbocycles. The van der Waals surface area contributed by atoms with Crippen LogP contribution in [0.2, 0.25) is 0 Å². The van der Waals surface area contributed by atoms with E-state index in [-0.39, 0.29) is 18.0 Å². The van der Waals surface area contributed by atoms with Gasteiger partial charge in [-0.05, 0) is 90.0 Å². The summed E-state index contributed by atoms with van der Waals surface area (Å²) in [5.74, 6) is -1.32. The molecule has 2 atom stereocenters. The maximum atomic E-state index is 12.5. The molecule has 0 aliphatic rings. The molecule has 0 saturated heterocycles. The van der Waals surface area contributed by atoms with Gasteiger partial charge in [-0.2, -0.15) is 0 Å². The Labute approximate surface area is 283 Å². The molecule has 0 radical (unpaired) electrons. The van der Waals surface area contributed by atoms with Crippen molar-refractivity contribution in [2.24, 2.45) is 5.73 Å². The van der Waals surface area contributed by atoms with E-state index in [1.54, 1.807) is 0 Å². The summed E-state index contributed by atoms with van der Waals surface area (Å²) in [5, 5.41) is 11.9. The number of allylic oxidation sites excluding steroid dienone is 4. The van der Waals surface area contributed by atoms with Gasteiger partial charge in [-0.25, -0.2) is 4.79 Å².